The monoisotopic (exact) mass is 330 g/mol. The normalized spacial score (nSPS) is 15.3. The Morgan fingerprint density at radius 2 is 1.00 bits per heavy atom. The van der Waals surface area contributed by atoms with Crippen LogP contribution in [-0.2, 0) is 14.4 Å². The maximum absolute atomic E-state index is 10.7. The summed E-state index contributed by atoms with van der Waals surface area (Å²) in [7, 11) is 0. The van der Waals surface area contributed by atoms with E-state index in [-0.39, 0.29) is 0 Å². The highest BCUT2D eigenvalue weighted by Crippen LogP contribution is 2.43. The Balaban J connectivity index is 6.35. The van der Waals surface area contributed by atoms with Crippen LogP contribution in [0.25, 0.3) is 0 Å². The lowest BCUT2D eigenvalue weighted by atomic mass is 9.63. The number of aliphatic hydroxyl groups is 3. The highest BCUT2D eigenvalue weighted by molar-refractivity contribution is 5.82. The van der Waals surface area contributed by atoms with Gasteiger partial charge < -0.3 is 30.6 Å². The molecule has 0 atom stereocenters. The summed E-state index contributed by atoms with van der Waals surface area (Å²) >= 11 is 0. The Kier molecular flexibility index (Phi) is 7.88. The van der Waals surface area contributed by atoms with E-state index in [2.05, 4.69) is 0 Å². The second-order valence-electron chi connectivity index (χ2n) is 4.69. The third-order valence-corrected chi connectivity index (χ3v) is 3.34. The molecule has 0 saturated carbocycles. The number of aliphatic hydroxyl groups excluding tert-OH is 3. The van der Waals surface area contributed by atoms with Gasteiger partial charge in [0.05, 0.1) is 19.8 Å². The molecule has 0 radical (unpaired) electrons. The smallest absolute Gasteiger partial charge is 0.328 e. The summed E-state index contributed by atoms with van der Waals surface area (Å²) in [6, 6.07) is 0. The van der Waals surface area contributed by atoms with Gasteiger partial charge in [-0.2, -0.15) is 0 Å². The van der Waals surface area contributed by atoms with Gasteiger partial charge in [0.25, 0.3) is 0 Å². The molecule has 0 rings (SSSR count). The molecule has 6 N–H and O–H groups in total. The Labute approximate surface area is 131 Å². The molecule has 0 aliphatic rings. The number of carboxylic acids is 3. The summed E-state index contributed by atoms with van der Waals surface area (Å²) in [4.78, 5) is 32.1. The highest BCUT2D eigenvalue weighted by atomic mass is 16.4. The predicted molar refractivity (Wildman–Crippen MR) is 76.5 cm³/mol. The molecule has 0 unspecified atom stereocenters. The summed E-state index contributed by atoms with van der Waals surface area (Å²) in [6.07, 6.45) is 4.43. The van der Waals surface area contributed by atoms with E-state index in [1.807, 2.05) is 0 Å². The van der Waals surface area contributed by atoms with Gasteiger partial charge in [-0.25, -0.2) is 14.4 Å². The molecule has 0 aromatic rings. The first-order valence-corrected chi connectivity index (χ1v) is 6.27. The molecule has 0 aliphatic carbocycles. The SMILES string of the molecule is O=C(O)C=CC(C=CC(=O)O)(CO)C(C=CC(=O)O)(CO)CO. The van der Waals surface area contributed by atoms with Gasteiger partial charge in [0.1, 0.15) is 0 Å². The van der Waals surface area contributed by atoms with E-state index in [0.717, 1.165) is 18.2 Å². The average Bonchev–Trinajstić information content (AvgIpc) is 2.49. The molecular formula is C14H18O9. The molecule has 0 aromatic carbocycles. The molecule has 0 aliphatic heterocycles. The first-order chi connectivity index (χ1) is 10.7. The van der Waals surface area contributed by atoms with Crippen molar-refractivity contribution in [2.75, 3.05) is 19.8 Å². The van der Waals surface area contributed by atoms with Crippen LogP contribution in [0.5, 0.6) is 0 Å². The lowest BCUT2D eigenvalue weighted by Gasteiger charge is -2.42. The van der Waals surface area contributed by atoms with Gasteiger partial charge in [-0.15, -0.1) is 0 Å². The van der Waals surface area contributed by atoms with Crippen molar-refractivity contribution in [3.8, 4) is 0 Å². The van der Waals surface area contributed by atoms with Crippen LogP contribution in [0.3, 0.4) is 0 Å². The minimum atomic E-state index is -1.86. The Bertz CT molecular complexity index is 502. The zero-order valence-corrected chi connectivity index (χ0v) is 12.0. The quantitative estimate of drug-likeness (QED) is 0.271. The molecule has 23 heavy (non-hydrogen) atoms. The van der Waals surface area contributed by atoms with Gasteiger partial charge in [0.15, 0.2) is 0 Å². The van der Waals surface area contributed by atoms with Crippen molar-refractivity contribution in [3.05, 3.63) is 36.5 Å². The van der Waals surface area contributed by atoms with E-state index in [1.54, 1.807) is 0 Å². The van der Waals surface area contributed by atoms with Gasteiger partial charge >= 0.3 is 17.9 Å². The largest absolute Gasteiger partial charge is 0.478 e. The standard InChI is InChI=1S/C14H18O9/c15-7-13(4-1-10(18)19,5-2-11(20)21)14(8-16,9-17)6-3-12(22)23/h1-6,15-17H,7-9H2,(H,18,19)(H,20,21)(H,22,23). The maximum Gasteiger partial charge on any atom is 0.328 e. The summed E-state index contributed by atoms with van der Waals surface area (Å²) in [5.74, 6) is -4.25. The first kappa shape index (κ1) is 20.5. The molecule has 9 heteroatoms. The topological polar surface area (TPSA) is 173 Å². The van der Waals surface area contributed by atoms with Crippen molar-refractivity contribution in [2.45, 2.75) is 0 Å². The lowest BCUT2D eigenvalue weighted by molar-refractivity contribution is -0.132. The first-order valence-electron chi connectivity index (χ1n) is 6.27. The van der Waals surface area contributed by atoms with E-state index in [4.69, 9.17) is 15.3 Å². The fraction of sp³-hybridized carbons (Fsp3) is 0.357. The van der Waals surface area contributed by atoms with Crippen LogP contribution in [0.4, 0.5) is 0 Å². The van der Waals surface area contributed by atoms with E-state index in [0.29, 0.717) is 18.2 Å². The van der Waals surface area contributed by atoms with Crippen molar-refractivity contribution in [1.29, 1.82) is 0 Å². The van der Waals surface area contributed by atoms with Crippen LogP contribution in [0.2, 0.25) is 0 Å². The number of rotatable bonds is 10. The molecule has 0 heterocycles. The number of carboxylic acid groups (broad SMARTS) is 3. The van der Waals surface area contributed by atoms with Crippen molar-refractivity contribution in [1.82, 2.24) is 0 Å². The molecule has 128 valence electrons. The van der Waals surface area contributed by atoms with Crippen LogP contribution in [0.15, 0.2) is 36.5 Å². The number of hydrogen-bond acceptors (Lipinski definition) is 6. The van der Waals surface area contributed by atoms with Crippen molar-refractivity contribution in [3.63, 3.8) is 0 Å². The molecule has 0 fully saturated rings. The van der Waals surface area contributed by atoms with Crippen molar-refractivity contribution >= 4 is 17.9 Å². The number of hydrogen-bond donors (Lipinski definition) is 6. The molecule has 0 amide bonds. The summed E-state index contributed by atoms with van der Waals surface area (Å²) in [5.41, 5.74) is -3.71. The van der Waals surface area contributed by atoms with Crippen LogP contribution in [0.1, 0.15) is 0 Å². The second-order valence-corrected chi connectivity index (χ2v) is 4.69. The minimum Gasteiger partial charge on any atom is -0.478 e. The molecule has 0 spiro atoms. The summed E-state index contributed by atoms with van der Waals surface area (Å²) in [5, 5.41) is 55.1. The fourth-order valence-electron chi connectivity index (χ4n) is 1.93. The highest BCUT2D eigenvalue weighted by Gasteiger charge is 2.46. The zero-order valence-electron chi connectivity index (χ0n) is 12.0. The average molecular weight is 330 g/mol. The summed E-state index contributed by atoms with van der Waals surface area (Å²) < 4.78 is 0. The minimum absolute atomic E-state index is 0.594. The van der Waals surface area contributed by atoms with Gasteiger partial charge in [-0.05, 0) is 0 Å². The van der Waals surface area contributed by atoms with Gasteiger partial charge in [0, 0.05) is 29.1 Å². The van der Waals surface area contributed by atoms with Crippen LogP contribution >= 0.6 is 0 Å². The lowest BCUT2D eigenvalue weighted by Crippen LogP contribution is -2.47. The van der Waals surface area contributed by atoms with E-state index in [1.165, 1.54) is 0 Å². The Hall–Kier alpha value is -2.49. The Morgan fingerprint density at radius 1 is 0.652 bits per heavy atom. The summed E-state index contributed by atoms with van der Waals surface area (Å²) in [6.45, 7) is -2.67. The maximum atomic E-state index is 10.7. The fourth-order valence-corrected chi connectivity index (χ4v) is 1.93. The van der Waals surface area contributed by atoms with Gasteiger partial charge in [-0.3, -0.25) is 0 Å². The molecule has 9 nitrogen and oxygen atoms in total. The number of carbonyl (C=O) groups is 3. The predicted octanol–water partition coefficient (Wildman–Crippen LogP) is -1.14. The van der Waals surface area contributed by atoms with Crippen LogP contribution in [-0.4, -0.2) is 68.4 Å². The molecule has 0 saturated heterocycles. The van der Waals surface area contributed by atoms with Crippen molar-refractivity contribution in [2.24, 2.45) is 10.8 Å². The van der Waals surface area contributed by atoms with E-state index >= 15 is 0 Å². The third kappa shape index (κ3) is 5.33. The second kappa shape index (κ2) is 8.83. The van der Waals surface area contributed by atoms with E-state index in [9.17, 15) is 29.7 Å². The third-order valence-electron chi connectivity index (χ3n) is 3.34. The Morgan fingerprint density at radius 3 is 1.26 bits per heavy atom. The molecule has 0 aromatic heterocycles. The molecular weight excluding hydrogens is 312 g/mol. The van der Waals surface area contributed by atoms with Gasteiger partial charge in [-0.1, -0.05) is 18.2 Å². The van der Waals surface area contributed by atoms with Crippen LogP contribution < -0.4 is 0 Å². The molecule has 0 bridgehead atoms. The number of aliphatic carboxylic acids is 3. The van der Waals surface area contributed by atoms with Crippen LogP contribution in [0, 0.1) is 10.8 Å². The zero-order chi connectivity index (χ0) is 18.1. The van der Waals surface area contributed by atoms with Gasteiger partial charge in [0.2, 0.25) is 0 Å². The van der Waals surface area contributed by atoms with E-state index < -0.39 is 48.6 Å². The van der Waals surface area contributed by atoms with Crippen molar-refractivity contribution < 1.29 is 45.0 Å².